The van der Waals surface area contributed by atoms with Gasteiger partial charge in [0, 0.05) is 9.77 Å². The molecule has 0 aromatic carbocycles. The molecule has 11 heavy (non-hydrogen) atoms. The lowest BCUT2D eigenvalue weighted by molar-refractivity contribution is 0.0995. The molecule has 0 atom stereocenters. The van der Waals surface area contributed by atoms with E-state index < -0.39 is 11.7 Å². The smallest absolute Gasteiger partial charge is 0.252 e. The quantitative estimate of drug-likeness (QED) is 0.768. The minimum atomic E-state index is -0.769. The number of hydrogen-bond acceptors (Lipinski definition) is 2. The monoisotopic (exact) mass is 266 g/mol. The van der Waals surface area contributed by atoms with E-state index in [1.54, 1.807) is 22.6 Å². The molecule has 1 amide bonds. The molecule has 1 aromatic rings. The van der Waals surface area contributed by atoms with Crippen molar-refractivity contribution in [2.75, 3.05) is 0 Å². The van der Waals surface area contributed by atoms with Gasteiger partial charge in [0.15, 0.2) is 5.82 Å². The van der Waals surface area contributed by atoms with E-state index >= 15 is 0 Å². The fourth-order valence-electron chi connectivity index (χ4n) is 0.647. The van der Waals surface area contributed by atoms with Crippen molar-refractivity contribution >= 4 is 28.5 Å². The molecule has 0 unspecified atom stereocenters. The Morgan fingerprint density at radius 1 is 1.64 bits per heavy atom. The molecule has 0 bridgehead atoms. The molecule has 1 rings (SSSR count). The van der Waals surface area contributed by atoms with Gasteiger partial charge in [0.05, 0.1) is 11.8 Å². The minimum Gasteiger partial charge on any atom is -0.365 e. The molecule has 0 fully saturated rings. The van der Waals surface area contributed by atoms with Crippen molar-refractivity contribution in [2.24, 2.45) is 5.73 Å². The lowest BCUT2D eigenvalue weighted by Gasteiger charge is -1.98. The van der Waals surface area contributed by atoms with Crippen LogP contribution in [0.3, 0.4) is 0 Å². The second-order valence-corrected chi connectivity index (χ2v) is 3.00. The maximum Gasteiger partial charge on any atom is 0.252 e. The van der Waals surface area contributed by atoms with Crippen molar-refractivity contribution in [3.63, 3.8) is 0 Å². The highest BCUT2D eigenvalue weighted by molar-refractivity contribution is 14.1. The first-order valence-corrected chi connectivity index (χ1v) is 3.79. The summed E-state index contributed by atoms with van der Waals surface area (Å²) >= 11 is 1.80. The molecule has 1 heterocycles. The summed E-state index contributed by atoms with van der Waals surface area (Å²) in [6, 6.07) is 0. The highest BCUT2D eigenvalue weighted by atomic mass is 127. The van der Waals surface area contributed by atoms with Crippen LogP contribution in [0.25, 0.3) is 0 Å². The Kier molecular flexibility index (Phi) is 2.38. The highest BCUT2D eigenvalue weighted by Crippen LogP contribution is 2.12. The van der Waals surface area contributed by atoms with Crippen molar-refractivity contribution in [3.8, 4) is 0 Å². The molecule has 0 radical (unpaired) electrons. The van der Waals surface area contributed by atoms with Crippen molar-refractivity contribution in [1.82, 2.24) is 4.98 Å². The Bertz CT molecular complexity index is 282. The molecule has 1 aromatic heterocycles. The molecular weight excluding hydrogens is 262 g/mol. The number of primary amides is 1. The van der Waals surface area contributed by atoms with Gasteiger partial charge < -0.3 is 5.73 Å². The summed E-state index contributed by atoms with van der Waals surface area (Å²) in [6.07, 6.45) is 2.34. The van der Waals surface area contributed by atoms with Gasteiger partial charge >= 0.3 is 0 Å². The standard InChI is InChI=1S/C6H4FIN2O/c7-3-1-10-2-4(8)5(3)6(9)11/h1-2H,(H2,9,11). The molecule has 0 spiro atoms. The molecule has 0 aliphatic carbocycles. The molecule has 0 saturated carbocycles. The summed E-state index contributed by atoms with van der Waals surface area (Å²) in [5, 5.41) is 0. The number of rotatable bonds is 1. The van der Waals surface area contributed by atoms with Crippen LogP contribution in [0.1, 0.15) is 10.4 Å². The summed E-state index contributed by atoms with van der Waals surface area (Å²) in [5.41, 5.74) is 4.81. The maximum absolute atomic E-state index is 12.7. The second-order valence-electron chi connectivity index (χ2n) is 1.84. The lowest BCUT2D eigenvalue weighted by Crippen LogP contribution is -2.15. The fraction of sp³-hybridized carbons (Fsp3) is 0. The second kappa shape index (κ2) is 3.12. The van der Waals surface area contributed by atoms with Crippen LogP contribution in [0.4, 0.5) is 4.39 Å². The Morgan fingerprint density at radius 3 is 2.64 bits per heavy atom. The van der Waals surface area contributed by atoms with Crippen LogP contribution in [-0.2, 0) is 0 Å². The summed E-state index contributed by atoms with van der Waals surface area (Å²) in [7, 11) is 0. The van der Waals surface area contributed by atoms with Crippen LogP contribution >= 0.6 is 22.6 Å². The molecule has 5 heteroatoms. The van der Waals surface area contributed by atoms with E-state index in [-0.39, 0.29) is 5.56 Å². The van der Waals surface area contributed by atoms with E-state index in [0.29, 0.717) is 3.57 Å². The number of carbonyl (C=O) groups is 1. The zero-order chi connectivity index (χ0) is 8.43. The molecule has 58 valence electrons. The normalized spacial score (nSPS) is 9.64. The van der Waals surface area contributed by atoms with E-state index in [1.165, 1.54) is 6.20 Å². The zero-order valence-corrected chi connectivity index (χ0v) is 7.50. The van der Waals surface area contributed by atoms with Gasteiger partial charge in [0.25, 0.3) is 5.91 Å². The van der Waals surface area contributed by atoms with Gasteiger partial charge in [-0.15, -0.1) is 0 Å². The number of nitrogens with zero attached hydrogens (tertiary/aromatic N) is 1. The molecule has 0 aliphatic heterocycles. The number of halogens is 2. The van der Waals surface area contributed by atoms with E-state index in [2.05, 4.69) is 4.98 Å². The van der Waals surface area contributed by atoms with E-state index in [4.69, 9.17) is 5.73 Å². The number of amides is 1. The largest absolute Gasteiger partial charge is 0.365 e. The third kappa shape index (κ3) is 1.65. The summed E-state index contributed by atoms with van der Waals surface area (Å²) in [5.74, 6) is -1.45. The topological polar surface area (TPSA) is 56.0 Å². The van der Waals surface area contributed by atoms with Crippen molar-refractivity contribution in [3.05, 3.63) is 27.3 Å². The Morgan fingerprint density at radius 2 is 2.27 bits per heavy atom. The van der Waals surface area contributed by atoms with Crippen molar-refractivity contribution in [1.29, 1.82) is 0 Å². The minimum absolute atomic E-state index is 0.0967. The van der Waals surface area contributed by atoms with Crippen LogP contribution in [0.2, 0.25) is 0 Å². The molecule has 0 saturated heterocycles. The summed E-state index contributed by atoms with van der Waals surface area (Å²) < 4.78 is 13.2. The molecule has 0 aliphatic rings. The first kappa shape index (κ1) is 8.38. The van der Waals surface area contributed by atoms with Gasteiger partial charge in [-0.25, -0.2) is 4.39 Å². The SMILES string of the molecule is NC(=O)c1c(F)cncc1I. The van der Waals surface area contributed by atoms with E-state index in [1.807, 2.05) is 0 Å². The predicted octanol–water partition coefficient (Wildman–Crippen LogP) is 0.924. The average Bonchev–Trinajstić information content (AvgIpc) is 1.85. The molecule has 2 N–H and O–H groups in total. The average molecular weight is 266 g/mol. The third-order valence-corrected chi connectivity index (χ3v) is 1.92. The first-order valence-electron chi connectivity index (χ1n) is 2.71. The number of carbonyl (C=O) groups excluding carboxylic acids is 1. The van der Waals surface area contributed by atoms with Crippen LogP contribution in [-0.4, -0.2) is 10.9 Å². The summed E-state index contributed by atoms with van der Waals surface area (Å²) in [4.78, 5) is 14.1. The van der Waals surface area contributed by atoms with Crippen LogP contribution in [0, 0.1) is 9.39 Å². The number of nitrogens with two attached hydrogens (primary N) is 1. The third-order valence-electron chi connectivity index (χ3n) is 1.10. The van der Waals surface area contributed by atoms with Gasteiger partial charge in [0.2, 0.25) is 0 Å². The van der Waals surface area contributed by atoms with Gasteiger partial charge in [-0.1, -0.05) is 0 Å². The van der Waals surface area contributed by atoms with Gasteiger partial charge in [-0.05, 0) is 22.6 Å². The maximum atomic E-state index is 12.7. The van der Waals surface area contributed by atoms with Crippen LogP contribution < -0.4 is 5.73 Å². The highest BCUT2D eigenvalue weighted by Gasteiger charge is 2.11. The Hall–Kier alpha value is -0.720. The van der Waals surface area contributed by atoms with E-state index in [0.717, 1.165) is 6.20 Å². The Labute approximate surface area is 75.9 Å². The van der Waals surface area contributed by atoms with Gasteiger partial charge in [0.1, 0.15) is 0 Å². The lowest BCUT2D eigenvalue weighted by atomic mass is 10.2. The number of hydrogen-bond donors (Lipinski definition) is 1. The predicted molar refractivity (Wildman–Crippen MR) is 45.4 cm³/mol. The Balaban J connectivity index is 3.32. The number of pyridine rings is 1. The van der Waals surface area contributed by atoms with Crippen molar-refractivity contribution in [2.45, 2.75) is 0 Å². The van der Waals surface area contributed by atoms with Crippen LogP contribution in [0.15, 0.2) is 12.4 Å². The summed E-state index contributed by atoms with van der Waals surface area (Å²) in [6.45, 7) is 0. The number of aromatic nitrogens is 1. The van der Waals surface area contributed by atoms with Gasteiger partial charge in [-0.2, -0.15) is 0 Å². The van der Waals surface area contributed by atoms with Crippen LogP contribution in [0.5, 0.6) is 0 Å². The molecule has 3 nitrogen and oxygen atoms in total. The fourth-order valence-corrected chi connectivity index (χ4v) is 1.33. The van der Waals surface area contributed by atoms with E-state index in [9.17, 15) is 9.18 Å². The molecular formula is C6H4FIN2O. The van der Waals surface area contributed by atoms with Gasteiger partial charge in [-0.3, -0.25) is 9.78 Å². The van der Waals surface area contributed by atoms with Crippen molar-refractivity contribution < 1.29 is 9.18 Å². The zero-order valence-electron chi connectivity index (χ0n) is 5.34. The first-order chi connectivity index (χ1) is 5.13.